The third kappa shape index (κ3) is 4.77. The lowest BCUT2D eigenvalue weighted by Crippen LogP contribution is -2.49. The van der Waals surface area contributed by atoms with Crippen molar-refractivity contribution in [3.63, 3.8) is 0 Å². The van der Waals surface area contributed by atoms with Crippen molar-refractivity contribution in [2.75, 3.05) is 4.90 Å². The lowest BCUT2D eigenvalue weighted by molar-refractivity contribution is 0.670. The topological polar surface area (TPSA) is 16.4 Å². The summed E-state index contributed by atoms with van der Waals surface area (Å²) >= 11 is 0. The molecule has 9 aromatic rings. The molecule has 0 atom stereocenters. The summed E-state index contributed by atoms with van der Waals surface area (Å²) in [5, 5.41) is 7.77. The molecule has 0 saturated heterocycles. The lowest BCUT2D eigenvalue weighted by Gasteiger charge is -2.28. The van der Waals surface area contributed by atoms with Gasteiger partial charge in [-0.25, -0.2) is 0 Å². The first-order chi connectivity index (χ1) is 25.0. The zero-order chi connectivity index (χ0) is 34.1. The van der Waals surface area contributed by atoms with Gasteiger partial charge < -0.3 is 9.32 Å². The zero-order valence-corrected chi connectivity index (χ0v) is 29.6. The van der Waals surface area contributed by atoms with Crippen LogP contribution in [0.2, 0.25) is 13.1 Å². The molecular weight excluding hydrogens is 635 g/mol. The van der Waals surface area contributed by atoms with Crippen LogP contribution in [0, 0.1) is 0 Å². The lowest BCUT2D eigenvalue weighted by atomic mass is 10.00. The van der Waals surface area contributed by atoms with Crippen molar-refractivity contribution in [1.29, 1.82) is 0 Å². The Morgan fingerprint density at radius 2 is 1.04 bits per heavy atom. The molecule has 0 bridgehead atoms. The molecule has 0 amide bonds. The quantitative estimate of drug-likeness (QED) is 0.170. The van der Waals surface area contributed by atoms with Gasteiger partial charge in [0.15, 0.2) is 0 Å². The van der Waals surface area contributed by atoms with E-state index in [2.05, 4.69) is 194 Å². The summed E-state index contributed by atoms with van der Waals surface area (Å²) in [6.45, 7) is 4.96. The second kappa shape index (κ2) is 11.4. The van der Waals surface area contributed by atoms with Gasteiger partial charge in [0.1, 0.15) is 19.2 Å². The average molecular weight is 670 g/mol. The highest BCUT2D eigenvalue weighted by Gasteiger charge is 2.40. The molecular formula is C48H35NOSi. The first-order valence-electron chi connectivity index (χ1n) is 17.7. The van der Waals surface area contributed by atoms with Crippen molar-refractivity contribution in [1.82, 2.24) is 0 Å². The number of anilines is 3. The number of hydrogen-bond acceptors (Lipinski definition) is 2. The van der Waals surface area contributed by atoms with E-state index in [1.54, 1.807) is 0 Å². The molecule has 242 valence electrons. The molecule has 8 aromatic carbocycles. The first kappa shape index (κ1) is 29.7. The van der Waals surface area contributed by atoms with Crippen LogP contribution in [0.3, 0.4) is 0 Å². The van der Waals surface area contributed by atoms with Crippen LogP contribution in [0.4, 0.5) is 17.1 Å². The van der Waals surface area contributed by atoms with Crippen molar-refractivity contribution in [3.8, 4) is 33.4 Å². The van der Waals surface area contributed by atoms with E-state index >= 15 is 0 Å². The number of fused-ring (bicyclic) bond motifs is 8. The Kier molecular flexibility index (Phi) is 6.67. The van der Waals surface area contributed by atoms with Crippen LogP contribution in [0.1, 0.15) is 0 Å². The van der Waals surface area contributed by atoms with Gasteiger partial charge in [0.05, 0.1) is 0 Å². The molecule has 10 rings (SSSR count). The monoisotopic (exact) mass is 669 g/mol. The number of furan rings is 1. The summed E-state index contributed by atoms with van der Waals surface area (Å²) in [5.41, 5.74) is 12.8. The molecule has 1 aromatic heterocycles. The third-order valence-electron chi connectivity index (χ3n) is 10.9. The second-order valence-corrected chi connectivity index (χ2v) is 18.5. The van der Waals surface area contributed by atoms with Gasteiger partial charge >= 0.3 is 0 Å². The van der Waals surface area contributed by atoms with Crippen LogP contribution in [0.25, 0.3) is 66.1 Å². The third-order valence-corrected chi connectivity index (χ3v) is 14.4. The van der Waals surface area contributed by atoms with E-state index < -0.39 is 8.07 Å². The summed E-state index contributed by atoms with van der Waals surface area (Å²) in [6.07, 6.45) is 0. The molecule has 2 nitrogen and oxygen atoms in total. The highest BCUT2D eigenvalue weighted by atomic mass is 28.3. The minimum Gasteiger partial charge on any atom is -0.455 e. The van der Waals surface area contributed by atoms with Gasteiger partial charge in [0.25, 0.3) is 0 Å². The predicted molar refractivity (Wildman–Crippen MR) is 219 cm³/mol. The normalized spacial score (nSPS) is 13.1. The Morgan fingerprint density at radius 1 is 0.431 bits per heavy atom. The molecule has 0 saturated carbocycles. The van der Waals surface area contributed by atoms with Gasteiger partial charge in [-0.1, -0.05) is 140 Å². The van der Waals surface area contributed by atoms with E-state index in [9.17, 15) is 0 Å². The number of nitrogens with zero attached hydrogens (tertiary/aromatic N) is 1. The van der Waals surface area contributed by atoms with Crippen molar-refractivity contribution >= 4 is 68.2 Å². The Bertz CT molecular complexity index is 2760. The minimum absolute atomic E-state index is 0.947. The van der Waals surface area contributed by atoms with Gasteiger partial charge in [-0.15, -0.1) is 0 Å². The second-order valence-electron chi connectivity index (χ2n) is 14.2. The van der Waals surface area contributed by atoms with E-state index in [4.69, 9.17) is 4.42 Å². The number of hydrogen-bond donors (Lipinski definition) is 0. The molecule has 3 heteroatoms. The molecule has 2 heterocycles. The molecule has 0 aliphatic carbocycles. The van der Waals surface area contributed by atoms with Crippen LogP contribution in [-0.4, -0.2) is 8.07 Å². The minimum atomic E-state index is -2.04. The maximum Gasteiger partial charge on any atom is 0.143 e. The van der Waals surface area contributed by atoms with E-state index in [0.717, 1.165) is 28.2 Å². The molecule has 0 spiro atoms. The van der Waals surface area contributed by atoms with E-state index in [1.807, 2.05) is 0 Å². The standard InChI is InChI=1S/C48H35NOSi/c1-51(2)45-29-28-42-41-14-8-9-15-44(41)50-48(42)47(45)43-27-26-40(31-46(43)51)49(38-22-18-34(19-23-38)32-10-4-3-5-11-32)39-24-20-35(21-25-39)37-17-16-33-12-6-7-13-36(33)30-37/h3-31H,1-2H3. The molecule has 0 N–H and O–H groups in total. The highest BCUT2D eigenvalue weighted by Crippen LogP contribution is 2.42. The SMILES string of the molecule is C[Si]1(C)c2cc(N(c3ccc(-c4ccccc4)cc3)c3ccc(-c4ccc5ccccc5c4)cc3)ccc2-c2c1ccc1c2oc2ccccc21. The van der Waals surface area contributed by atoms with E-state index in [-0.39, 0.29) is 0 Å². The molecule has 0 fully saturated rings. The zero-order valence-electron chi connectivity index (χ0n) is 28.6. The fourth-order valence-electron chi connectivity index (χ4n) is 8.18. The van der Waals surface area contributed by atoms with Crippen LogP contribution in [-0.2, 0) is 0 Å². The molecule has 1 aliphatic rings. The summed E-state index contributed by atoms with van der Waals surface area (Å²) < 4.78 is 6.59. The van der Waals surface area contributed by atoms with Gasteiger partial charge in [0, 0.05) is 33.4 Å². The van der Waals surface area contributed by atoms with Gasteiger partial charge in [0.2, 0.25) is 0 Å². The molecule has 0 radical (unpaired) electrons. The maximum absolute atomic E-state index is 6.59. The van der Waals surface area contributed by atoms with Crippen molar-refractivity contribution in [2.24, 2.45) is 0 Å². The fourth-order valence-corrected chi connectivity index (χ4v) is 11.2. The number of para-hydroxylation sites is 1. The summed E-state index contributed by atoms with van der Waals surface area (Å²) in [4.78, 5) is 2.41. The average Bonchev–Trinajstić information content (AvgIpc) is 3.67. The largest absolute Gasteiger partial charge is 0.455 e. The van der Waals surface area contributed by atoms with Crippen LogP contribution >= 0.6 is 0 Å². The smallest absolute Gasteiger partial charge is 0.143 e. The fraction of sp³-hybridized carbons (Fsp3) is 0.0417. The van der Waals surface area contributed by atoms with Crippen molar-refractivity contribution in [2.45, 2.75) is 13.1 Å². The van der Waals surface area contributed by atoms with Crippen LogP contribution in [0.15, 0.2) is 180 Å². The highest BCUT2D eigenvalue weighted by molar-refractivity contribution is 7.04. The van der Waals surface area contributed by atoms with E-state index in [1.165, 1.54) is 65.3 Å². The van der Waals surface area contributed by atoms with Crippen LogP contribution < -0.4 is 15.3 Å². The predicted octanol–water partition coefficient (Wildman–Crippen LogP) is 12.3. The molecule has 1 aliphatic heterocycles. The van der Waals surface area contributed by atoms with Gasteiger partial charge in [-0.3, -0.25) is 0 Å². The number of rotatable bonds is 5. The van der Waals surface area contributed by atoms with Gasteiger partial charge in [-0.2, -0.15) is 0 Å². The summed E-state index contributed by atoms with van der Waals surface area (Å²) in [6, 6.07) is 64.0. The Labute approximate surface area is 298 Å². The maximum atomic E-state index is 6.59. The first-order valence-corrected chi connectivity index (χ1v) is 20.7. The van der Waals surface area contributed by atoms with Crippen molar-refractivity contribution < 1.29 is 4.42 Å². The summed E-state index contributed by atoms with van der Waals surface area (Å²) in [7, 11) is -2.04. The Balaban J connectivity index is 1.10. The molecule has 0 unspecified atom stereocenters. The summed E-state index contributed by atoms with van der Waals surface area (Å²) in [5.74, 6) is 0. The number of benzene rings is 8. The van der Waals surface area contributed by atoms with Gasteiger partial charge in [-0.05, 0) is 97.5 Å². The van der Waals surface area contributed by atoms with E-state index in [0.29, 0.717) is 0 Å². The Hall–Kier alpha value is -6.16. The van der Waals surface area contributed by atoms with Crippen LogP contribution in [0.5, 0.6) is 0 Å². The molecule has 51 heavy (non-hydrogen) atoms. The van der Waals surface area contributed by atoms with Crippen molar-refractivity contribution in [3.05, 3.63) is 176 Å². The Morgan fingerprint density at radius 3 is 1.80 bits per heavy atom.